The number of rotatable bonds is 3. The second kappa shape index (κ2) is 6.62. The minimum atomic E-state index is -4.38. The number of hydrogen-bond donors (Lipinski definition) is 2. The van der Waals surface area contributed by atoms with Crippen LogP contribution in [-0.2, 0) is 4.74 Å². The molecule has 0 aromatic rings. The quantitative estimate of drug-likeness (QED) is 0.820. The van der Waals surface area contributed by atoms with Gasteiger partial charge in [0.25, 0.3) is 0 Å². The van der Waals surface area contributed by atoms with E-state index in [1.807, 2.05) is 0 Å². The van der Waals surface area contributed by atoms with Gasteiger partial charge in [-0.15, -0.1) is 0 Å². The summed E-state index contributed by atoms with van der Waals surface area (Å²) in [4.78, 5) is 13.0. The first kappa shape index (κ1) is 15.4. The zero-order valence-corrected chi connectivity index (χ0v) is 11.2. The summed E-state index contributed by atoms with van der Waals surface area (Å²) in [6, 6.07) is -1.18. The van der Waals surface area contributed by atoms with Gasteiger partial charge in [-0.1, -0.05) is 0 Å². The molecule has 2 aliphatic rings. The predicted molar refractivity (Wildman–Crippen MR) is 66.4 cm³/mol. The molecule has 2 heterocycles. The number of nitrogens with one attached hydrogen (secondary N) is 2. The molecule has 8 heteroatoms. The van der Waals surface area contributed by atoms with Crippen LogP contribution in [0.3, 0.4) is 0 Å². The topological polar surface area (TPSA) is 53.6 Å². The van der Waals surface area contributed by atoms with Crippen molar-refractivity contribution in [1.82, 2.24) is 15.5 Å². The van der Waals surface area contributed by atoms with Gasteiger partial charge in [-0.2, -0.15) is 13.2 Å². The Morgan fingerprint density at radius 2 is 2.00 bits per heavy atom. The highest BCUT2D eigenvalue weighted by molar-refractivity contribution is 5.75. The summed E-state index contributed by atoms with van der Waals surface area (Å²) >= 11 is 0. The van der Waals surface area contributed by atoms with Crippen LogP contribution in [0.15, 0.2) is 0 Å². The van der Waals surface area contributed by atoms with Crippen LogP contribution in [0.25, 0.3) is 0 Å². The van der Waals surface area contributed by atoms with Crippen LogP contribution in [0.5, 0.6) is 0 Å². The molecular formula is C12H20F3N3O2. The second-order valence-electron chi connectivity index (χ2n) is 5.23. The maximum Gasteiger partial charge on any atom is 0.406 e. The first-order chi connectivity index (χ1) is 9.46. The first-order valence-electron chi connectivity index (χ1n) is 6.88. The molecule has 0 spiro atoms. The van der Waals surface area contributed by atoms with Crippen molar-refractivity contribution in [1.29, 1.82) is 0 Å². The highest BCUT2D eigenvalue weighted by atomic mass is 19.4. The number of halogens is 3. The zero-order chi connectivity index (χ0) is 14.6. The SMILES string of the molecule is O=C(NC1CCOC1)N(CC(F)(F)F)C1CCNCC1. The van der Waals surface area contributed by atoms with Crippen LogP contribution in [0.2, 0.25) is 0 Å². The van der Waals surface area contributed by atoms with E-state index >= 15 is 0 Å². The molecule has 0 bridgehead atoms. The van der Waals surface area contributed by atoms with Gasteiger partial charge in [-0.3, -0.25) is 0 Å². The molecule has 1 atom stereocenters. The fraction of sp³-hybridized carbons (Fsp3) is 0.917. The van der Waals surface area contributed by atoms with Crippen molar-refractivity contribution in [3.8, 4) is 0 Å². The Kier molecular flexibility index (Phi) is 5.09. The molecule has 2 amide bonds. The molecule has 2 N–H and O–H groups in total. The monoisotopic (exact) mass is 295 g/mol. The lowest BCUT2D eigenvalue weighted by molar-refractivity contribution is -0.144. The summed E-state index contributed by atoms with van der Waals surface area (Å²) in [7, 11) is 0. The van der Waals surface area contributed by atoms with E-state index in [1.54, 1.807) is 0 Å². The summed E-state index contributed by atoms with van der Waals surface area (Å²) in [6.07, 6.45) is -2.64. The van der Waals surface area contributed by atoms with Crippen molar-refractivity contribution in [3.63, 3.8) is 0 Å². The van der Waals surface area contributed by atoms with Crippen molar-refractivity contribution in [3.05, 3.63) is 0 Å². The number of urea groups is 1. The van der Waals surface area contributed by atoms with Crippen molar-refractivity contribution in [2.75, 3.05) is 32.8 Å². The van der Waals surface area contributed by atoms with E-state index in [2.05, 4.69) is 10.6 Å². The molecule has 5 nitrogen and oxygen atoms in total. The Bertz CT molecular complexity index is 326. The zero-order valence-electron chi connectivity index (χ0n) is 11.2. The van der Waals surface area contributed by atoms with E-state index in [0.29, 0.717) is 45.6 Å². The van der Waals surface area contributed by atoms with Gasteiger partial charge in [0, 0.05) is 12.6 Å². The number of alkyl halides is 3. The van der Waals surface area contributed by atoms with Gasteiger partial charge in [-0.05, 0) is 32.4 Å². The number of hydrogen-bond acceptors (Lipinski definition) is 3. The van der Waals surface area contributed by atoms with E-state index in [-0.39, 0.29) is 12.1 Å². The number of amides is 2. The molecule has 0 saturated carbocycles. The van der Waals surface area contributed by atoms with Crippen LogP contribution in [0, 0.1) is 0 Å². The van der Waals surface area contributed by atoms with Crippen LogP contribution < -0.4 is 10.6 Å². The second-order valence-corrected chi connectivity index (χ2v) is 5.23. The molecule has 0 aromatic carbocycles. The van der Waals surface area contributed by atoms with Gasteiger partial charge in [0.2, 0.25) is 0 Å². The molecular weight excluding hydrogens is 275 g/mol. The minimum Gasteiger partial charge on any atom is -0.379 e. The van der Waals surface area contributed by atoms with E-state index in [0.717, 1.165) is 4.90 Å². The Labute approximate surface area is 115 Å². The molecule has 2 rings (SSSR count). The lowest BCUT2D eigenvalue weighted by atomic mass is 10.1. The van der Waals surface area contributed by atoms with E-state index in [1.165, 1.54) is 0 Å². The van der Waals surface area contributed by atoms with Crippen LogP contribution >= 0.6 is 0 Å². The van der Waals surface area contributed by atoms with Crippen molar-refractivity contribution in [2.24, 2.45) is 0 Å². The molecule has 0 radical (unpaired) electrons. The van der Waals surface area contributed by atoms with Crippen LogP contribution in [0.1, 0.15) is 19.3 Å². The third-order valence-electron chi connectivity index (χ3n) is 3.62. The smallest absolute Gasteiger partial charge is 0.379 e. The number of piperidine rings is 1. The van der Waals surface area contributed by atoms with Gasteiger partial charge in [0.05, 0.1) is 12.6 Å². The first-order valence-corrected chi connectivity index (χ1v) is 6.88. The van der Waals surface area contributed by atoms with Crippen molar-refractivity contribution < 1.29 is 22.7 Å². The molecule has 2 aliphatic heterocycles. The highest BCUT2D eigenvalue weighted by Crippen LogP contribution is 2.21. The van der Waals surface area contributed by atoms with Crippen molar-refractivity contribution >= 4 is 6.03 Å². The maximum absolute atomic E-state index is 12.7. The lowest BCUT2D eigenvalue weighted by Crippen LogP contribution is -2.54. The highest BCUT2D eigenvalue weighted by Gasteiger charge is 2.37. The van der Waals surface area contributed by atoms with E-state index < -0.39 is 18.8 Å². The minimum absolute atomic E-state index is 0.181. The molecule has 2 fully saturated rings. The number of ether oxygens (including phenoxy) is 1. The summed E-state index contributed by atoms with van der Waals surface area (Å²) in [5.41, 5.74) is 0. The third kappa shape index (κ3) is 4.52. The number of carbonyl (C=O) groups is 1. The lowest BCUT2D eigenvalue weighted by Gasteiger charge is -2.35. The normalized spacial score (nSPS) is 24.6. The Morgan fingerprint density at radius 3 is 2.55 bits per heavy atom. The van der Waals surface area contributed by atoms with Gasteiger partial charge in [-0.25, -0.2) is 4.79 Å². The van der Waals surface area contributed by atoms with E-state index in [4.69, 9.17) is 4.74 Å². The van der Waals surface area contributed by atoms with E-state index in [9.17, 15) is 18.0 Å². The van der Waals surface area contributed by atoms with Gasteiger partial charge in [0.1, 0.15) is 6.54 Å². The van der Waals surface area contributed by atoms with Gasteiger partial charge < -0.3 is 20.3 Å². The fourth-order valence-electron chi connectivity index (χ4n) is 2.58. The molecule has 0 aliphatic carbocycles. The molecule has 0 aromatic heterocycles. The molecule has 116 valence electrons. The standard InChI is InChI=1S/C12H20F3N3O2/c13-12(14,15)8-18(10-1-4-16-5-2-10)11(19)17-9-3-6-20-7-9/h9-10,16H,1-8H2,(H,17,19). The number of carbonyl (C=O) groups excluding carboxylic acids is 1. The summed E-state index contributed by atoms with van der Waals surface area (Å²) in [5.74, 6) is 0. The van der Waals surface area contributed by atoms with Gasteiger partial charge in [0.15, 0.2) is 0 Å². The number of nitrogens with zero attached hydrogens (tertiary/aromatic N) is 1. The molecule has 2 saturated heterocycles. The maximum atomic E-state index is 12.7. The summed E-state index contributed by atoms with van der Waals surface area (Å²) in [5, 5.41) is 5.73. The van der Waals surface area contributed by atoms with Crippen LogP contribution in [0.4, 0.5) is 18.0 Å². The van der Waals surface area contributed by atoms with Gasteiger partial charge >= 0.3 is 12.2 Å². The Morgan fingerprint density at radius 1 is 1.30 bits per heavy atom. The Balaban J connectivity index is 1.97. The van der Waals surface area contributed by atoms with Crippen LogP contribution in [-0.4, -0.2) is 62.0 Å². The predicted octanol–water partition coefficient (Wildman–Crippen LogP) is 1.10. The summed E-state index contributed by atoms with van der Waals surface area (Å²) < 4.78 is 43.1. The van der Waals surface area contributed by atoms with Crippen molar-refractivity contribution in [2.45, 2.75) is 37.5 Å². The molecule has 1 unspecified atom stereocenters. The molecule has 20 heavy (non-hydrogen) atoms. The summed E-state index contributed by atoms with van der Waals surface area (Å²) in [6.45, 7) is 0.990. The average molecular weight is 295 g/mol. The fourth-order valence-corrected chi connectivity index (χ4v) is 2.58. The largest absolute Gasteiger partial charge is 0.406 e. The third-order valence-corrected chi connectivity index (χ3v) is 3.62. The Hall–Kier alpha value is -1.02. The average Bonchev–Trinajstić information content (AvgIpc) is 2.89.